The average molecular weight is 477 g/mol. The minimum atomic E-state index is 0. The van der Waals surface area contributed by atoms with Crippen LogP contribution < -0.4 is 10.6 Å². The summed E-state index contributed by atoms with van der Waals surface area (Å²) in [4.78, 5) is 9.07. The Kier molecular flexibility index (Phi) is 11.9. The van der Waals surface area contributed by atoms with Crippen molar-refractivity contribution in [3.05, 3.63) is 11.7 Å². The first-order valence-electron chi connectivity index (χ1n) is 10.0. The summed E-state index contributed by atoms with van der Waals surface area (Å²) in [6.45, 7) is 8.72. The van der Waals surface area contributed by atoms with Gasteiger partial charge < -0.3 is 15.2 Å². The SMILES string of the molecule is CCNC(=NCCCCC1CCCC1)NCCc1nc(C(C)C)no1.I. The molecule has 1 aromatic rings. The molecular formula is C19H36IN5O. The number of hydrogen-bond donors (Lipinski definition) is 2. The molecule has 7 heteroatoms. The summed E-state index contributed by atoms with van der Waals surface area (Å²) in [6, 6.07) is 0. The van der Waals surface area contributed by atoms with Crippen molar-refractivity contribution in [3.63, 3.8) is 0 Å². The van der Waals surface area contributed by atoms with Crippen molar-refractivity contribution in [3.8, 4) is 0 Å². The van der Waals surface area contributed by atoms with Gasteiger partial charge in [-0.15, -0.1) is 24.0 Å². The third-order valence-corrected chi connectivity index (χ3v) is 4.74. The number of aliphatic imine (C=N–C) groups is 1. The lowest BCUT2D eigenvalue weighted by Gasteiger charge is -2.11. The smallest absolute Gasteiger partial charge is 0.228 e. The summed E-state index contributed by atoms with van der Waals surface area (Å²) in [5, 5.41) is 10.6. The fraction of sp³-hybridized carbons (Fsp3) is 0.842. The minimum absolute atomic E-state index is 0. The van der Waals surface area contributed by atoms with Crippen LogP contribution >= 0.6 is 24.0 Å². The Morgan fingerprint density at radius 3 is 2.65 bits per heavy atom. The summed E-state index contributed by atoms with van der Waals surface area (Å²) in [6.07, 6.45) is 10.3. The van der Waals surface area contributed by atoms with Crippen LogP contribution in [0.4, 0.5) is 0 Å². The van der Waals surface area contributed by atoms with Crippen LogP contribution in [0.25, 0.3) is 0 Å². The maximum atomic E-state index is 5.27. The van der Waals surface area contributed by atoms with Gasteiger partial charge in [0.05, 0.1) is 0 Å². The Labute approximate surface area is 175 Å². The highest BCUT2D eigenvalue weighted by Crippen LogP contribution is 2.28. The maximum absolute atomic E-state index is 5.27. The van der Waals surface area contributed by atoms with Crippen molar-refractivity contribution in [2.24, 2.45) is 10.9 Å². The van der Waals surface area contributed by atoms with E-state index in [0.29, 0.717) is 18.2 Å². The molecule has 26 heavy (non-hydrogen) atoms. The third-order valence-electron chi connectivity index (χ3n) is 4.74. The number of unbranched alkanes of at least 4 members (excludes halogenated alkanes) is 1. The van der Waals surface area contributed by atoms with Crippen molar-refractivity contribution >= 4 is 29.9 Å². The van der Waals surface area contributed by atoms with Gasteiger partial charge in [-0.2, -0.15) is 4.98 Å². The van der Waals surface area contributed by atoms with Gasteiger partial charge in [-0.1, -0.05) is 57.5 Å². The molecule has 0 bridgehead atoms. The van der Waals surface area contributed by atoms with Gasteiger partial charge in [0.2, 0.25) is 5.89 Å². The predicted octanol–water partition coefficient (Wildman–Crippen LogP) is 4.27. The molecule has 1 fully saturated rings. The highest BCUT2D eigenvalue weighted by Gasteiger charge is 2.13. The molecule has 0 atom stereocenters. The quantitative estimate of drug-likeness (QED) is 0.228. The Balaban J connectivity index is 0.00000338. The molecule has 0 amide bonds. The van der Waals surface area contributed by atoms with Crippen LogP contribution in [-0.2, 0) is 6.42 Å². The van der Waals surface area contributed by atoms with E-state index in [2.05, 4.69) is 46.5 Å². The van der Waals surface area contributed by atoms with Gasteiger partial charge >= 0.3 is 0 Å². The van der Waals surface area contributed by atoms with Crippen molar-refractivity contribution in [1.29, 1.82) is 0 Å². The van der Waals surface area contributed by atoms with Crippen molar-refractivity contribution in [2.75, 3.05) is 19.6 Å². The number of hydrogen-bond acceptors (Lipinski definition) is 4. The zero-order valence-corrected chi connectivity index (χ0v) is 18.9. The molecule has 1 aliphatic rings. The van der Waals surface area contributed by atoms with Crippen LogP contribution in [0.5, 0.6) is 0 Å². The molecule has 1 saturated carbocycles. The number of rotatable bonds is 10. The summed E-state index contributed by atoms with van der Waals surface area (Å²) in [5.41, 5.74) is 0. The van der Waals surface area contributed by atoms with E-state index in [1.54, 1.807) is 0 Å². The first-order chi connectivity index (χ1) is 12.2. The maximum Gasteiger partial charge on any atom is 0.228 e. The van der Waals surface area contributed by atoms with E-state index in [-0.39, 0.29) is 24.0 Å². The van der Waals surface area contributed by atoms with Gasteiger partial charge in [0, 0.05) is 32.0 Å². The predicted molar refractivity (Wildman–Crippen MR) is 117 cm³/mol. The van der Waals surface area contributed by atoms with E-state index < -0.39 is 0 Å². The largest absolute Gasteiger partial charge is 0.357 e. The van der Waals surface area contributed by atoms with Crippen molar-refractivity contribution < 1.29 is 4.52 Å². The van der Waals surface area contributed by atoms with E-state index in [9.17, 15) is 0 Å². The summed E-state index contributed by atoms with van der Waals surface area (Å²) in [5.74, 6) is 3.63. The molecule has 0 radical (unpaired) electrons. The monoisotopic (exact) mass is 477 g/mol. The van der Waals surface area contributed by atoms with E-state index in [0.717, 1.165) is 37.3 Å². The molecule has 2 rings (SSSR count). The number of guanidine groups is 1. The second kappa shape index (κ2) is 13.3. The van der Waals surface area contributed by atoms with E-state index in [1.165, 1.54) is 44.9 Å². The zero-order chi connectivity index (χ0) is 17.9. The molecule has 0 saturated heterocycles. The second-order valence-corrected chi connectivity index (χ2v) is 7.28. The Morgan fingerprint density at radius 1 is 1.23 bits per heavy atom. The van der Waals surface area contributed by atoms with E-state index >= 15 is 0 Å². The number of nitrogens with one attached hydrogen (secondary N) is 2. The molecule has 0 unspecified atom stereocenters. The molecule has 0 aliphatic heterocycles. The Hall–Kier alpha value is -0.860. The molecule has 150 valence electrons. The van der Waals surface area contributed by atoms with Crippen LogP contribution in [-0.4, -0.2) is 35.7 Å². The van der Waals surface area contributed by atoms with Crippen LogP contribution in [0, 0.1) is 5.92 Å². The molecule has 1 aliphatic carbocycles. The molecule has 1 aromatic heterocycles. The van der Waals surface area contributed by atoms with Crippen LogP contribution in [0.3, 0.4) is 0 Å². The van der Waals surface area contributed by atoms with E-state index in [4.69, 9.17) is 4.52 Å². The van der Waals surface area contributed by atoms with Gasteiger partial charge in [0.15, 0.2) is 11.8 Å². The highest BCUT2D eigenvalue weighted by molar-refractivity contribution is 14.0. The first-order valence-corrected chi connectivity index (χ1v) is 10.0. The number of nitrogens with zero attached hydrogens (tertiary/aromatic N) is 3. The Morgan fingerprint density at radius 2 is 2.00 bits per heavy atom. The topological polar surface area (TPSA) is 75.3 Å². The molecule has 0 aromatic carbocycles. The fourth-order valence-corrected chi connectivity index (χ4v) is 3.27. The molecule has 2 N–H and O–H groups in total. The summed E-state index contributed by atoms with van der Waals surface area (Å²) < 4.78 is 5.27. The van der Waals surface area contributed by atoms with Gasteiger partial charge in [0.1, 0.15) is 0 Å². The lowest BCUT2D eigenvalue weighted by atomic mass is 10.0. The standard InChI is InChI=1S/C19H35N5O.HI/c1-4-20-19(21-13-8-7-11-16-9-5-6-10-16)22-14-12-17-23-18(15(2)3)24-25-17;/h15-16H,4-14H2,1-3H3,(H2,20,21,22);1H. The zero-order valence-electron chi connectivity index (χ0n) is 16.6. The molecule has 1 heterocycles. The van der Waals surface area contributed by atoms with Gasteiger partial charge in [-0.25, -0.2) is 0 Å². The van der Waals surface area contributed by atoms with Gasteiger partial charge in [-0.3, -0.25) is 4.99 Å². The van der Waals surface area contributed by atoms with Crippen LogP contribution in [0.2, 0.25) is 0 Å². The molecule has 6 nitrogen and oxygen atoms in total. The fourth-order valence-electron chi connectivity index (χ4n) is 3.27. The minimum Gasteiger partial charge on any atom is -0.357 e. The van der Waals surface area contributed by atoms with Crippen molar-refractivity contribution in [2.45, 2.75) is 78.1 Å². The summed E-state index contributed by atoms with van der Waals surface area (Å²) >= 11 is 0. The van der Waals surface area contributed by atoms with Crippen LogP contribution in [0.15, 0.2) is 9.52 Å². The van der Waals surface area contributed by atoms with Gasteiger partial charge in [0.25, 0.3) is 0 Å². The van der Waals surface area contributed by atoms with Gasteiger partial charge in [-0.05, 0) is 19.3 Å². The normalized spacial score (nSPS) is 15.3. The Bertz CT molecular complexity index is 512. The van der Waals surface area contributed by atoms with Crippen LogP contribution in [0.1, 0.15) is 83.3 Å². The van der Waals surface area contributed by atoms with E-state index in [1.807, 2.05) is 0 Å². The number of halogens is 1. The first kappa shape index (κ1) is 23.2. The summed E-state index contributed by atoms with van der Waals surface area (Å²) in [7, 11) is 0. The van der Waals surface area contributed by atoms with Crippen molar-refractivity contribution in [1.82, 2.24) is 20.8 Å². The second-order valence-electron chi connectivity index (χ2n) is 7.28. The average Bonchev–Trinajstić information content (AvgIpc) is 3.26. The highest BCUT2D eigenvalue weighted by atomic mass is 127. The lowest BCUT2D eigenvalue weighted by Crippen LogP contribution is -2.38. The molecular weight excluding hydrogens is 441 g/mol. The third kappa shape index (κ3) is 8.68. The lowest BCUT2D eigenvalue weighted by molar-refractivity contribution is 0.371. The number of aromatic nitrogens is 2. The molecule has 0 spiro atoms.